The van der Waals surface area contributed by atoms with Crippen LogP contribution in [0.2, 0.25) is 0 Å². The monoisotopic (exact) mass is 410 g/mol. The minimum absolute atomic E-state index is 0.0313. The lowest BCUT2D eigenvalue weighted by atomic mass is 9.81. The molecule has 0 unspecified atom stereocenters. The highest BCUT2D eigenvalue weighted by Gasteiger charge is 2.53. The first-order valence-corrected chi connectivity index (χ1v) is 8.94. The van der Waals surface area contributed by atoms with Crippen molar-refractivity contribution >= 4 is 33.7 Å². The number of carbonyl (C=O) groups excluding carboxylic acids is 2. The van der Waals surface area contributed by atoms with Gasteiger partial charge in [0, 0.05) is 37.6 Å². The van der Waals surface area contributed by atoms with Crippen LogP contribution in [-0.4, -0.2) is 62.8 Å². The van der Waals surface area contributed by atoms with Crippen LogP contribution in [0.15, 0.2) is 16.6 Å². The summed E-state index contributed by atoms with van der Waals surface area (Å²) in [6, 6.07) is 3.18. The predicted molar refractivity (Wildman–Crippen MR) is 99.2 cm³/mol. The number of imide groups is 1. The minimum Gasteiger partial charge on any atom is -0.410 e. The number of nitrogens with one attached hydrogen (secondary N) is 1. The van der Waals surface area contributed by atoms with Crippen molar-refractivity contribution in [3.05, 3.63) is 22.2 Å². The van der Waals surface area contributed by atoms with E-state index in [0.29, 0.717) is 5.75 Å². The quantitative estimate of drug-likeness (QED) is 0.770. The van der Waals surface area contributed by atoms with Crippen molar-refractivity contribution in [2.24, 2.45) is 0 Å². The number of hydrogen-bond donors (Lipinski definition) is 1. The van der Waals surface area contributed by atoms with Crippen molar-refractivity contribution in [2.45, 2.75) is 24.9 Å². The average molecular weight is 411 g/mol. The molecule has 0 bridgehead atoms. The molecule has 2 aliphatic rings. The van der Waals surface area contributed by atoms with E-state index in [1.54, 1.807) is 6.07 Å². The number of likely N-dealkylation sites (N-methyl/N-ethyl adjacent to an activating group) is 2. The summed E-state index contributed by atoms with van der Waals surface area (Å²) >= 11 is 3.62. The van der Waals surface area contributed by atoms with Gasteiger partial charge in [0.15, 0.2) is 0 Å². The SMILES string of the molecule is CNC(=O)N(C)C(=O)Oc1cc(Br)c2c(c1)[C@]1(C)CCN(C)[C@@H]1N2C. The zero-order valence-corrected chi connectivity index (χ0v) is 16.7. The second-order valence-electron chi connectivity index (χ2n) is 6.92. The average Bonchev–Trinajstić information content (AvgIpc) is 2.99. The Kier molecular flexibility index (Phi) is 4.45. The van der Waals surface area contributed by atoms with Gasteiger partial charge >= 0.3 is 12.1 Å². The highest BCUT2D eigenvalue weighted by molar-refractivity contribution is 9.10. The van der Waals surface area contributed by atoms with Gasteiger partial charge in [-0.2, -0.15) is 0 Å². The van der Waals surface area contributed by atoms with Crippen LogP contribution in [-0.2, 0) is 5.41 Å². The van der Waals surface area contributed by atoms with Gasteiger partial charge in [0.25, 0.3) is 0 Å². The summed E-state index contributed by atoms with van der Waals surface area (Å²) in [5.74, 6) is 0.427. The lowest BCUT2D eigenvalue weighted by Gasteiger charge is -2.32. The Morgan fingerprint density at radius 3 is 2.72 bits per heavy atom. The van der Waals surface area contributed by atoms with Gasteiger partial charge in [-0.15, -0.1) is 0 Å². The van der Waals surface area contributed by atoms with Gasteiger partial charge in [-0.1, -0.05) is 6.92 Å². The number of amides is 3. The van der Waals surface area contributed by atoms with Gasteiger partial charge in [0.2, 0.25) is 0 Å². The fourth-order valence-corrected chi connectivity index (χ4v) is 4.83. The van der Waals surface area contributed by atoms with Crippen LogP contribution in [0.1, 0.15) is 18.9 Å². The number of halogens is 1. The lowest BCUT2D eigenvalue weighted by Crippen LogP contribution is -2.45. The van der Waals surface area contributed by atoms with Gasteiger partial charge in [-0.05, 0) is 47.1 Å². The Hall–Kier alpha value is -1.80. The molecule has 0 saturated carbocycles. The second kappa shape index (κ2) is 6.17. The Labute approximate surface area is 156 Å². The van der Waals surface area contributed by atoms with Crippen LogP contribution in [0.25, 0.3) is 0 Å². The van der Waals surface area contributed by atoms with Crippen LogP contribution in [0.5, 0.6) is 5.75 Å². The van der Waals surface area contributed by atoms with E-state index in [4.69, 9.17) is 4.74 Å². The van der Waals surface area contributed by atoms with Crippen LogP contribution in [0, 0.1) is 0 Å². The molecule has 0 spiro atoms. The van der Waals surface area contributed by atoms with E-state index in [0.717, 1.165) is 33.6 Å². The molecule has 2 heterocycles. The number of anilines is 1. The van der Waals surface area contributed by atoms with E-state index in [1.807, 2.05) is 6.07 Å². The molecule has 1 saturated heterocycles. The summed E-state index contributed by atoms with van der Waals surface area (Å²) in [6.45, 7) is 3.27. The molecule has 0 aromatic heterocycles. The number of fused-ring (bicyclic) bond motifs is 3. The van der Waals surface area contributed by atoms with E-state index >= 15 is 0 Å². The van der Waals surface area contributed by atoms with Crippen molar-refractivity contribution < 1.29 is 14.3 Å². The topological polar surface area (TPSA) is 65.1 Å². The number of urea groups is 1. The third-order valence-corrected chi connectivity index (χ3v) is 5.95. The van der Waals surface area contributed by atoms with E-state index in [2.05, 4.69) is 52.1 Å². The number of benzene rings is 1. The number of rotatable bonds is 1. The maximum absolute atomic E-state index is 12.2. The Morgan fingerprint density at radius 1 is 1.40 bits per heavy atom. The third-order valence-electron chi connectivity index (χ3n) is 5.34. The van der Waals surface area contributed by atoms with Crippen molar-refractivity contribution in [1.29, 1.82) is 0 Å². The maximum atomic E-state index is 12.2. The molecule has 2 atom stereocenters. The molecule has 25 heavy (non-hydrogen) atoms. The molecule has 3 rings (SSSR count). The fourth-order valence-electron chi connectivity index (χ4n) is 4.11. The van der Waals surface area contributed by atoms with Gasteiger partial charge in [-0.25, -0.2) is 14.5 Å². The third kappa shape index (κ3) is 2.67. The van der Waals surface area contributed by atoms with Crippen molar-refractivity contribution in [2.75, 3.05) is 39.6 Å². The van der Waals surface area contributed by atoms with E-state index in [9.17, 15) is 9.59 Å². The van der Waals surface area contributed by atoms with Gasteiger partial charge in [0.1, 0.15) is 5.75 Å². The van der Waals surface area contributed by atoms with Crippen molar-refractivity contribution in [3.8, 4) is 5.75 Å². The Balaban J connectivity index is 1.94. The molecule has 136 valence electrons. The highest BCUT2D eigenvalue weighted by Crippen LogP contribution is 2.54. The first kappa shape index (κ1) is 18.0. The summed E-state index contributed by atoms with van der Waals surface area (Å²) in [7, 11) is 7.06. The maximum Gasteiger partial charge on any atom is 0.423 e. The molecule has 8 heteroatoms. The molecule has 7 nitrogen and oxygen atoms in total. The van der Waals surface area contributed by atoms with Crippen LogP contribution in [0.4, 0.5) is 15.3 Å². The molecule has 2 aliphatic heterocycles. The first-order valence-electron chi connectivity index (χ1n) is 8.15. The number of nitrogens with zero attached hydrogens (tertiary/aromatic N) is 3. The van der Waals surface area contributed by atoms with E-state index in [-0.39, 0.29) is 11.6 Å². The zero-order chi connectivity index (χ0) is 18.5. The van der Waals surface area contributed by atoms with Crippen LogP contribution >= 0.6 is 15.9 Å². The fraction of sp³-hybridized carbons (Fsp3) is 0.529. The second-order valence-corrected chi connectivity index (χ2v) is 7.77. The summed E-state index contributed by atoms with van der Waals surface area (Å²) in [5, 5.41) is 2.40. The number of ether oxygens (including phenoxy) is 1. The standard InChI is InChI=1S/C17H23BrN4O3/c1-17-6-7-20(3)14(17)21(4)13-11(17)8-10(9-12(13)18)25-16(24)22(5)15(23)19-2/h8-9,14H,6-7H2,1-5H3,(H,19,23)/t14-,17+/m1/s1. The normalized spacial score (nSPS) is 24.7. The van der Waals surface area contributed by atoms with E-state index in [1.165, 1.54) is 14.1 Å². The van der Waals surface area contributed by atoms with Crippen molar-refractivity contribution in [3.63, 3.8) is 0 Å². The largest absolute Gasteiger partial charge is 0.423 e. The molecule has 0 radical (unpaired) electrons. The molecule has 3 amide bonds. The zero-order valence-electron chi connectivity index (χ0n) is 15.1. The van der Waals surface area contributed by atoms with E-state index < -0.39 is 12.1 Å². The summed E-state index contributed by atoms with van der Waals surface area (Å²) in [5.41, 5.74) is 2.25. The smallest absolute Gasteiger partial charge is 0.410 e. The molecule has 1 fully saturated rings. The van der Waals surface area contributed by atoms with Gasteiger partial charge in [-0.3, -0.25) is 4.90 Å². The summed E-state index contributed by atoms with van der Waals surface area (Å²) in [6.07, 6.45) is 0.592. The molecular formula is C17H23BrN4O3. The predicted octanol–water partition coefficient (Wildman–Crippen LogP) is 2.59. The van der Waals surface area contributed by atoms with Gasteiger partial charge < -0.3 is 15.0 Å². The van der Waals surface area contributed by atoms with Crippen LogP contribution in [0.3, 0.4) is 0 Å². The first-order chi connectivity index (χ1) is 11.7. The molecule has 1 aromatic carbocycles. The Morgan fingerprint density at radius 2 is 2.08 bits per heavy atom. The highest BCUT2D eigenvalue weighted by atomic mass is 79.9. The number of hydrogen-bond acceptors (Lipinski definition) is 5. The lowest BCUT2D eigenvalue weighted by molar-refractivity contribution is 0.163. The molecule has 1 aromatic rings. The van der Waals surface area contributed by atoms with Gasteiger partial charge in [0.05, 0.1) is 11.9 Å². The molecule has 0 aliphatic carbocycles. The number of carbonyl (C=O) groups is 2. The molecule has 1 N–H and O–H groups in total. The number of likely N-dealkylation sites (tertiary alicyclic amines) is 1. The van der Waals surface area contributed by atoms with Crippen LogP contribution < -0.4 is 15.0 Å². The Bertz CT molecular complexity index is 741. The van der Waals surface area contributed by atoms with Crippen molar-refractivity contribution in [1.82, 2.24) is 15.1 Å². The molecular weight excluding hydrogens is 388 g/mol. The summed E-state index contributed by atoms with van der Waals surface area (Å²) in [4.78, 5) is 29.2. The summed E-state index contributed by atoms with van der Waals surface area (Å²) < 4.78 is 6.30. The minimum atomic E-state index is -0.720.